The second-order valence-corrected chi connectivity index (χ2v) is 6.62. The zero-order valence-electron chi connectivity index (χ0n) is 13.8. The van der Waals surface area contributed by atoms with Gasteiger partial charge in [0.1, 0.15) is 6.67 Å². The van der Waals surface area contributed by atoms with Gasteiger partial charge in [0.2, 0.25) is 0 Å². The minimum Gasteiger partial charge on any atom is -0.309 e. The van der Waals surface area contributed by atoms with Gasteiger partial charge in [-0.15, -0.1) is 0 Å². The molecule has 1 aliphatic heterocycles. The van der Waals surface area contributed by atoms with Gasteiger partial charge in [-0.2, -0.15) is 5.10 Å². The largest absolute Gasteiger partial charge is 0.309 e. The molecule has 24 heavy (non-hydrogen) atoms. The molecule has 0 saturated carbocycles. The third-order valence-electron chi connectivity index (χ3n) is 4.70. The minimum atomic E-state index is 0.705. The number of para-hydroxylation sites is 3. The zero-order valence-corrected chi connectivity index (χ0v) is 13.8. The number of nitrogens with zero attached hydrogens (tertiary/aromatic N) is 4. The van der Waals surface area contributed by atoms with Crippen LogP contribution in [0.1, 0.15) is 5.69 Å². The summed E-state index contributed by atoms with van der Waals surface area (Å²) in [5.41, 5.74) is 9.09. The van der Waals surface area contributed by atoms with Crippen LogP contribution in [0.2, 0.25) is 0 Å². The number of benzene rings is 2. The molecule has 1 N–H and O–H groups in total. The summed E-state index contributed by atoms with van der Waals surface area (Å²) in [5.74, 6) is 0. The molecule has 0 amide bonds. The Bertz CT molecular complexity index is 1160. The van der Waals surface area contributed by atoms with Crippen LogP contribution < -0.4 is 10.9 Å². The van der Waals surface area contributed by atoms with Gasteiger partial charge in [-0.1, -0.05) is 24.3 Å². The first-order chi connectivity index (χ1) is 11.7. The Balaban J connectivity index is 2.14. The lowest BCUT2D eigenvalue weighted by atomic mass is 10.2. The number of fused-ring (bicyclic) bond motifs is 5. The van der Waals surface area contributed by atoms with Crippen molar-refractivity contribution in [3.63, 3.8) is 0 Å². The third kappa shape index (κ3) is 1.76. The van der Waals surface area contributed by atoms with E-state index in [-0.39, 0.29) is 0 Å². The van der Waals surface area contributed by atoms with E-state index in [1.54, 1.807) is 0 Å². The third-order valence-corrected chi connectivity index (χ3v) is 4.70. The van der Waals surface area contributed by atoms with E-state index in [0.29, 0.717) is 6.67 Å². The van der Waals surface area contributed by atoms with Crippen molar-refractivity contribution >= 4 is 27.3 Å². The van der Waals surface area contributed by atoms with Crippen molar-refractivity contribution in [2.75, 3.05) is 14.1 Å². The van der Waals surface area contributed by atoms with Crippen LogP contribution in [0.15, 0.2) is 53.6 Å². The summed E-state index contributed by atoms with van der Waals surface area (Å²) in [7, 11) is 4.22. The minimum absolute atomic E-state index is 0.705. The highest BCUT2D eigenvalue weighted by Gasteiger charge is 2.16. The van der Waals surface area contributed by atoms with Crippen molar-refractivity contribution in [1.29, 1.82) is 0 Å². The summed E-state index contributed by atoms with van der Waals surface area (Å²) < 4.78 is 4.66. The van der Waals surface area contributed by atoms with Crippen molar-refractivity contribution < 1.29 is 0 Å². The molecule has 0 aliphatic carbocycles. The van der Waals surface area contributed by atoms with Crippen LogP contribution >= 0.6 is 0 Å². The highest BCUT2D eigenvalue weighted by molar-refractivity contribution is 5.99. The Morgan fingerprint density at radius 3 is 2.75 bits per heavy atom. The lowest BCUT2D eigenvalue weighted by Crippen LogP contribution is -2.14. The molecular weight excluding hydrogens is 298 g/mol. The lowest BCUT2D eigenvalue weighted by molar-refractivity contribution is 0.396. The number of nitrogens with one attached hydrogen (secondary N) is 1. The maximum absolute atomic E-state index is 4.58. The normalized spacial score (nSPS) is 13.6. The smallest absolute Gasteiger partial charge is 0.163 e. The Labute approximate surface area is 139 Å². The molecule has 5 nitrogen and oxygen atoms in total. The summed E-state index contributed by atoms with van der Waals surface area (Å²) in [4.78, 5) is 2.21. The molecule has 0 radical (unpaired) electrons. The highest BCUT2D eigenvalue weighted by Crippen LogP contribution is 2.27. The van der Waals surface area contributed by atoms with E-state index in [9.17, 15) is 0 Å². The Morgan fingerprint density at radius 1 is 1.08 bits per heavy atom. The summed E-state index contributed by atoms with van der Waals surface area (Å²) in [5, 5.41) is 7.02. The van der Waals surface area contributed by atoms with E-state index in [1.807, 2.05) is 0 Å². The summed E-state index contributed by atoms with van der Waals surface area (Å²) in [6.45, 7) is 1.60. The van der Waals surface area contributed by atoms with E-state index in [2.05, 4.69) is 87.0 Å². The predicted octanol–water partition coefficient (Wildman–Crippen LogP) is 2.49. The fourth-order valence-electron chi connectivity index (χ4n) is 3.81. The van der Waals surface area contributed by atoms with Gasteiger partial charge in [0, 0.05) is 23.0 Å². The predicted molar refractivity (Wildman–Crippen MR) is 96.5 cm³/mol. The first-order valence-corrected chi connectivity index (χ1v) is 8.20. The molecule has 2 aromatic carbocycles. The molecule has 0 spiro atoms. The van der Waals surface area contributed by atoms with Gasteiger partial charge in [0.05, 0.1) is 16.6 Å². The molecule has 5 heteroatoms. The summed E-state index contributed by atoms with van der Waals surface area (Å²) in [6, 6.07) is 17.4. The molecule has 120 valence electrons. The second-order valence-electron chi connectivity index (χ2n) is 6.62. The Hall–Kier alpha value is -2.79. The van der Waals surface area contributed by atoms with Gasteiger partial charge < -0.3 is 13.9 Å². The number of aromatic nitrogens is 2. The van der Waals surface area contributed by atoms with Crippen LogP contribution in [0.5, 0.6) is 0 Å². The van der Waals surface area contributed by atoms with Crippen LogP contribution in [0.25, 0.3) is 27.3 Å². The maximum atomic E-state index is 4.58. The number of rotatable bonds is 2. The van der Waals surface area contributed by atoms with Crippen molar-refractivity contribution in [2.24, 2.45) is 5.10 Å². The molecule has 3 heterocycles. The van der Waals surface area contributed by atoms with Gasteiger partial charge in [0.25, 0.3) is 0 Å². The standard InChI is InChI=1S/C19H19N5/c1-22(2)11-14-10-13-6-5-7-15-18(13)24(14)17-9-4-3-8-16(17)23-12-20-21-19(15)23/h3-10,20H,11-12H2,1-2H3. The molecular formula is C19H19N5. The molecule has 0 bridgehead atoms. The van der Waals surface area contributed by atoms with Gasteiger partial charge in [-0.05, 0) is 38.4 Å². The fourth-order valence-corrected chi connectivity index (χ4v) is 3.81. The second kappa shape index (κ2) is 4.85. The molecule has 4 aromatic rings. The van der Waals surface area contributed by atoms with Crippen molar-refractivity contribution in [1.82, 2.24) is 19.3 Å². The average molecular weight is 317 g/mol. The van der Waals surface area contributed by atoms with E-state index < -0.39 is 0 Å². The van der Waals surface area contributed by atoms with Crippen LogP contribution in [0.4, 0.5) is 0 Å². The number of hydrogen-bond acceptors (Lipinski definition) is 3. The summed E-state index contributed by atoms with van der Waals surface area (Å²) in [6.07, 6.45) is 0. The molecule has 0 atom stereocenters. The van der Waals surface area contributed by atoms with Gasteiger partial charge in [-0.25, -0.2) is 0 Å². The average Bonchev–Trinajstić information content (AvgIpc) is 3.15. The number of hydrogen-bond donors (Lipinski definition) is 1. The topological polar surface area (TPSA) is 37.0 Å². The first-order valence-electron chi connectivity index (χ1n) is 8.20. The first kappa shape index (κ1) is 13.6. The SMILES string of the molecule is CN(C)Cc1cc2cccc3c4n(c5ccccc5n1c23)CNN=4. The molecule has 0 unspecified atom stereocenters. The molecule has 0 saturated heterocycles. The fraction of sp³-hybridized carbons (Fsp3) is 0.211. The van der Waals surface area contributed by atoms with Crippen molar-refractivity contribution in [3.05, 3.63) is 59.7 Å². The van der Waals surface area contributed by atoms with Crippen LogP contribution in [0, 0.1) is 0 Å². The quantitative estimate of drug-likeness (QED) is 0.617. The van der Waals surface area contributed by atoms with Crippen LogP contribution in [0.3, 0.4) is 0 Å². The van der Waals surface area contributed by atoms with Gasteiger partial charge in [0.15, 0.2) is 5.49 Å². The van der Waals surface area contributed by atoms with Crippen LogP contribution in [-0.4, -0.2) is 28.0 Å². The van der Waals surface area contributed by atoms with Gasteiger partial charge in [-0.3, -0.25) is 5.43 Å². The van der Waals surface area contributed by atoms with Gasteiger partial charge >= 0.3 is 0 Å². The van der Waals surface area contributed by atoms with E-state index in [0.717, 1.165) is 12.0 Å². The Kier molecular flexibility index (Phi) is 2.76. The highest BCUT2D eigenvalue weighted by atomic mass is 15.4. The molecule has 5 rings (SSSR count). The summed E-state index contributed by atoms with van der Waals surface area (Å²) >= 11 is 0. The zero-order chi connectivity index (χ0) is 16.3. The Morgan fingerprint density at radius 2 is 1.92 bits per heavy atom. The maximum Gasteiger partial charge on any atom is 0.163 e. The van der Waals surface area contributed by atoms with Crippen molar-refractivity contribution in [2.45, 2.75) is 13.2 Å². The van der Waals surface area contributed by atoms with Crippen molar-refractivity contribution in [3.8, 4) is 0 Å². The molecule has 2 aromatic heterocycles. The lowest BCUT2D eigenvalue weighted by Gasteiger charge is -2.11. The van der Waals surface area contributed by atoms with Crippen LogP contribution in [-0.2, 0) is 13.2 Å². The molecule has 0 fully saturated rings. The van der Waals surface area contributed by atoms with E-state index in [4.69, 9.17) is 0 Å². The monoisotopic (exact) mass is 317 g/mol. The van der Waals surface area contributed by atoms with E-state index in [1.165, 1.54) is 33.0 Å². The molecule has 1 aliphatic rings. The van der Waals surface area contributed by atoms with E-state index >= 15 is 0 Å².